The Morgan fingerprint density at radius 2 is 2.22 bits per heavy atom. The van der Waals surface area contributed by atoms with E-state index in [0.717, 1.165) is 25.5 Å². The fourth-order valence-electron chi connectivity index (χ4n) is 2.49. The molecule has 9 heteroatoms. The largest absolute Gasteiger partial charge is 0.438 e. The minimum atomic E-state index is -0.549. The lowest BCUT2D eigenvalue weighted by atomic mass is 10.2. The van der Waals surface area contributed by atoms with Crippen molar-refractivity contribution in [1.29, 1.82) is 0 Å². The van der Waals surface area contributed by atoms with Crippen LogP contribution in [0.5, 0.6) is 11.6 Å². The second kappa shape index (κ2) is 7.89. The second-order valence-corrected chi connectivity index (χ2v) is 6.97. The molecule has 0 fully saturated rings. The fourth-order valence-corrected chi connectivity index (χ4v) is 3.32. The highest BCUT2D eigenvalue weighted by atomic mass is 35.5. The van der Waals surface area contributed by atoms with Crippen LogP contribution in [0.4, 0.5) is 9.52 Å². The first kappa shape index (κ1) is 17.7. The van der Waals surface area contributed by atoms with E-state index in [0.29, 0.717) is 28.0 Å². The molecule has 0 atom stereocenters. The molecule has 1 aliphatic rings. The molecule has 0 saturated heterocycles. The van der Waals surface area contributed by atoms with Crippen LogP contribution in [0.3, 0.4) is 0 Å². The highest BCUT2D eigenvalue weighted by Crippen LogP contribution is 2.34. The van der Waals surface area contributed by atoms with E-state index in [-0.39, 0.29) is 5.02 Å². The van der Waals surface area contributed by atoms with Gasteiger partial charge in [-0.1, -0.05) is 11.6 Å². The smallest absolute Gasteiger partial charge is 0.228 e. The molecule has 3 heterocycles. The van der Waals surface area contributed by atoms with E-state index in [2.05, 4.69) is 25.6 Å². The number of thiazole rings is 1. The van der Waals surface area contributed by atoms with Crippen LogP contribution in [-0.4, -0.2) is 29.0 Å². The van der Waals surface area contributed by atoms with Crippen LogP contribution in [0.25, 0.3) is 11.3 Å². The van der Waals surface area contributed by atoms with Crippen molar-refractivity contribution in [3.05, 3.63) is 52.7 Å². The Hall–Kier alpha value is -2.71. The second-order valence-electron chi connectivity index (χ2n) is 5.71. The molecule has 0 saturated carbocycles. The molecule has 4 rings (SSSR count). The number of pyridine rings is 1. The van der Waals surface area contributed by atoms with Gasteiger partial charge in [0.1, 0.15) is 11.6 Å². The van der Waals surface area contributed by atoms with Crippen LogP contribution in [0, 0.1) is 5.82 Å². The number of hydrogen-bond acceptors (Lipinski definition) is 7. The molecule has 0 bridgehead atoms. The van der Waals surface area contributed by atoms with Crippen LogP contribution in [0.2, 0.25) is 5.02 Å². The predicted molar refractivity (Wildman–Crippen MR) is 105 cm³/mol. The van der Waals surface area contributed by atoms with E-state index in [1.165, 1.54) is 23.5 Å². The molecule has 138 valence electrons. The molecular weight excluding hydrogens is 389 g/mol. The van der Waals surface area contributed by atoms with E-state index in [1.54, 1.807) is 18.3 Å². The maximum absolute atomic E-state index is 13.7. The Morgan fingerprint density at radius 1 is 1.30 bits per heavy atom. The number of guanidine groups is 1. The Balaban J connectivity index is 1.57. The summed E-state index contributed by atoms with van der Waals surface area (Å²) in [6.07, 6.45) is 2.63. The Kier molecular flexibility index (Phi) is 5.17. The van der Waals surface area contributed by atoms with E-state index < -0.39 is 5.82 Å². The zero-order chi connectivity index (χ0) is 18.6. The van der Waals surface area contributed by atoms with Gasteiger partial charge in [0.25, 0.3) is 0 Å². The Morgan fingerprint density at radius 3 is 3.04 bits per heavy atom. The minimum Gasteiger partial charge on any atom is -0.438 e. The fraction of sp³-hybridized carbons (Fsp3) is 0.167. The number of aromatic nitrogens is 2. The number of nitrogens with zero attached hydrogens (tertiary/aromatic N) is 3. The first-order chi connectivity index (χ1) is 13.2. The van der Waals surface area contributed by atoms with Gasteiger partial charge in [0, 0.05) is 30.7 Å². The van der Waals surface area contributed by atoms with E-state index >= 15 is 0 Å². The van der Waals surface area contributed by atoms with E-state index in [1.807, 2.05) is 11.4 Å². The summed E-state index contributed by atoms with van der Waals surface area (Å²) in [5.41, 5.74) is 1.41. The number of nitrogens with one attached hydrogen (secondary N) is 2. The summed E-state index contributed by atoms with van der Waals surface area (Å²) in [5.74, 6) is 0.824. The normalized spacial score (nSPS) is 13.6. The topological polar surface area (TPSA) is 71.4 Å². The predicted octanol–water partition coefficient (Wildman–Crippen LogP) is 4.55. The molecule has 0 amide bonds. The van der Waals surface area contributed by atoms with Crippen molar-refractivity contribution >= 4 is 34.0 Å². The summed E-state index contributed by atoms with van der Waals surface area (Å²) in [6.45, 7) is 1.69. The highest BCUT2D eigenvalue weighted by molar-refractivity contribution is 7.14. The van der Waals surface area contributed by atoms with Gasteiger partial charge in [-0.2, -0.15) is 0 Å². The minimum absolute atomic E-state index is 0.0399. The van der Waals surface area contributed by atoms with Gasteiger partial charge in [-0.3, -0.25) is 4.99 Å². The van der Waals surface area contributed by atoms with Gasteiger partial charge in [0.15, 0.2) is 11.1 Å². The van der Waals surface area contributed by atoms with Gasteiger partial charge < -0.3 is 15.4 Å². The summed E-state index contributed by atoms with van der Waals surface area (Å²) >= 11 is 7.17. The molecule has 0 aliphatic carbocycles. The van der Waals surface area contributed by atoms with Crippen molar-refractivity contribution < 1.29 is 9.13 Å². The van der Waals surface area contributed by atoms with Crippen molar-refractivity contribution in [3.63, 3.8) is 0 Å². The molecule has 1 aromatic carbocycles. The third kappa shape index (κ3) is 4.17. The lowest BCUT2D eigenvalue weighted by Crippen LogP contribution is -2.35. The van der Waals surface area contributed by atoms with Crippen LogP contribution in [-0.2, 0) is 0 Å². The average molecular weight is 404 g/mol. The molecular formula is C18H15ClFN5OS. The lowest BCUT2D eigenvalue weighted by Gasteiger charge is -2.14. The zero-order valence-electron chi connectivity index (χ0n) is 14.1. The summed E-state index contributed by atoms with van der Waals surface area (Å²) in [4.78, 5) is 13.2. The van der Waals surface area contributed by atoms with Crippen molar-refractivity contribution in [2.24, 2.45) is 4.99 Å². The summed E-state index contributed by atoms with van der Waals surface area (Å²) in [6, 6.07) is 7.90. The number of anilines is 1. The standard InChI is InChI=1S/C18H15ClFN5OS/c19-13-5-4-11(9-14(13)20)26-16-12(3-1-6-21-16)15-10-27-18(24-15)25-17-22-7-2-8-23-17/h1,3-6,9-10H,2,7-8H2,(H2,22,23,24,25). The first-order valence-electron chi connectivity index (χ1n) is 8.28. The molecule has 27 heavy (non-hydrogen) atoms. The summed E-state index contributed by atoms with van der Waals surface area (Å²) in [7, 11) is 0. The molecule has 0 unspecified atom stereocenters. The average Bonchev–Trinajstić information content (AvgIpc) is 3.14. The third-order valence-corrected chi connectivity index (χ3v) is 4.84. The quantitative estimate of drug-likeness (QED) is 0.668. The van der Waals surface area contributed by atoms with Gasteiger partial charge in [-0.25, -0.2) is 14.4 Å². The van der Waals surface area contributed by atoms with Gasteiger partial charge in [0.2, 0.25) is 5.88 Å². The van der Waals surface area contributed by atoms with Crippen LogP contribution in [0.15, 0.2) is 46.9 Å². The molecule has 0 radical (unpaired) electrons. The number of hydrogen-bond donors (Lipinski definition) is 2. The highest BCUT2D eigenvalue weighted by Gasteiger charge is 2.14. The Labute approximate surface area is 164 Å². The number of benzene rings is 1. The van der Waals surface area contributed by atoms with Crippen LogP contribution in [0.1, 0.15) is 6.42 Å². The van der Waals surface area contributed by atoms with Crippen molar-refractivity contribution in [3.8, 4) is 22.9 Å². The molecule has 2 aromatic heterocycles. The molecule has 2 N–H and O–H groups in total. The van der Waals surface area contributed by atoms with E-state index in [4.69, 9.17) is 16.3 Å². The Bertz CT molecular complexity index is 993. The lowest BCUT2D eigenvalue weighted by molar-refractivity contribution is 0.460. The zero-order valence-corrected chi connectivity index (χ0v) is 15.6. The SMILES string of the molecule is Fc1cc(Oc2ncccc2-c2csc(NC3=NCCCN3)n2)ccc1Cl. The summed E-state index contributed by atoms with van der Waals surface area (Å²) in [5, 5.41) is 9.02. The maximum atomic E-state index is 13.7. The van der Waals surface area contributed by atoms with Gasteiger partial charge in [-0.15, -0.1) is 11.3 Å². The van der Waals surface area contributed by atoms with E-state index in [9.17, 15) is 4.39 Å². The number of halogens is 2. The van der Waals surface area contributed by atoms with Crippen LogP contribution >= 0.6 is 22.9 Å². The molecule has 3 aromatic rings. The summed E-state index contributed by atoms with van der Waals surface area (Å²) < 4.78 is 19.4. The van der Waals surface area contributed by atoms with Crippen LogP contribution < -0.4 is 15.4 Å². The number of rotatable bonds is 4. The van der Waals surface area contributed by atoms with Crippen molar-refractivity contribution in [2.75, 3.05) is 18.4 Å². The van der Waals surface area contributed by atoms with Gasteiger partial charge in [0.05, 0.1) is 16.3 Å². The van der Waals surface area contributed by atoms with Crippen molar-refractivity contribution in [2.45, 2.75) is 6.42 Å². The molecule has 6 nitrogen and oxygen atoms in total. The maximum Gasteiger partial charge on any atom is 0.228 e. The molecule has 1 aliphatic heterocycles. The monoisotopic (exact) mass is 403 g/mol. The van der Waals surface area contributed by atoms with Gasteiger partial charge >= 0.3 is 0 Å². The third-order valence-electron chi connectivity index (χ3n) is 3.78. The first-order valence-corrected chi connectivity index (χ1v) is 9.54. The van der Waals surface area contributed by atoms with Gasteiger partial charge in [-0.05, 0) is 30.7 Å². The number of ether oxygens (including phenoxy) is 1. The number of aliphatic imine (C=N–C) groups is 1. The van der Waals surface area contributed by atoms with Crippen molar-refractivity contribution in [1.82, 2.24) is 15.3 Å². The molecule has 0 spiro atoms.